The van der Waals surface area contributed by atoms with E-state index in [0.29, 0.717) is 23.4 Å². The van der Waals surface area contributed by atoms with E-state index in [1.165, 1.54) is 16.7 Å². The van der Waals surface area contributed by atoms with Crippen molar-refractivity contribution in [1.82, 2.24) is 24.9 Å². The minimum atomic E-state index is -3.74. The lowest BCUT2D eigenvalue weighted by Crippen LogP contribution is -2.41. The van der Waals surface area contributed by atoms with Crippen molar-refractivity contribution in [3.05, 3.63) is 65.5 Å². The third-order valence-corrected chi connectivity index (χ3v) is 7.40. The summed E-state index contributed by atoms with van der Waals surface area (Å²) >= 11 is 0.746. The number of benzene rings is 2. The van der Waals surface area contributed by atoms with Gasteiger partial charge in [-0.25, -0.2) is 8.42 Å². The van der Waals surface area contributed by atoms with Crippen LogP contribution < -0.4 is 19.7 Å². The number of ether oxygens (including phenoxy) is 2. The highest BCUT2D eigenvalue weighted by molar-refractivity contribution is 8.01. The maximum Gasteiger partial charge on any atom is 0.258 e. The van der Waals surface area contributed by atoms with Gasteiger partial charge in [0.15, 0.2) is 6.61 Å². The van der Waals surface area contributed by atoms with E-state index in [9.17, 15) is 8.42 Å². The Morgan fingerprint density at radius 2 is 1.82 bits per heavy atom. The van der Waals surface area contributed by atoms with E-state index in [1.54, 1.807) is 37.6 Å². The molecule has 2 aromatic carbocycles. The van der Waals surface area contributed by atoms with Crippen LogP contribution in [0, 0.1) is 5.92 Å². The molecule has 2 N–H and O–H groups in total. The number of thiol groups is 1. The second kappa shape index (κ2) is 9.83. The standard InChI is InChI=1S/C21H24N5O5S2/c1-14(2)19-12-22-26(32-19)25-33(27,28)18-10-8-17(9-11-18)30-13-20-23-21(31-24-20)15-4-6-16(29-3)7-5-15/h4-12,14,22,25,32H,13H2,1-3H3. The van der Waals surface area contributed by atoms with Crippen molar-refractivity contribution in [2.45, 2.75) is 25.3 Å². The molecular weight excluding hydrogens is 466 g/mol. The molecule has 0 spiro atoms. The molecule has 0 bridgehead atoms. The van der Waals surface area contributed by atoms with Gasteiger partial charge >= 0.3 is 0 Å². The molecule has 0 aliphatic carbocycles. The van der Waals surface area contributed by atoms with Crippen molar-refractivity contribution >= 4 is 22.0 Å². The number of allylic oxidation sites excluding steroid dienone is 1. The van der Waals surface area contributed by atoms with Crippen LogP contribution in [0.2, 0.25) is 0 Å². The zero-order valence-electron chi connectivity index (χ0n) is 18.2. The van der Waals surface area contributed by atoms with E-state index in [4.69, 9.17) is 14.0 Å². The second-order valence-corrected chi connectivity index (χ2v) is 10.1. The van der Waals surface area contributed by atoms with E-state index in [-0.39, 0.29) is 11.5 Å². The molecule has 1 aromatic heterocycles. The van der Waals surface area contributed by atoms with E-state index in [0.717, 1.165) is 28.2 Å². The summed E-state index contributed by atoms with van der Waals surface area (Å²) in [5.74, 6) is 2.26. The summed E-state index contributed by atoms with van der Waals surface area (Å²) < 4.78 is 42.8. The van der Waals surface area contributed by atoms with Crippen LogP contribution in [0.5, 0.6) is 11.5 Å². The van der Waals surface area contributed by atoms with Gasteiger partial charge in [-0.1, -0.05) is 35.5 Å². The summed E-state index contributed by atoms with van der Waals surface area (Å²) in [4.78, 5) is 8.02. The fourth-order valence-electron chi connectivity index (χ4n) is 2.82. The lowest BCUT2D eigenvalue weighted by Gasteiger charge is -2.18. The molecular formula is C21H24N5O5S2. The summed E-state index contributed by atoms with van der Waals surface area (Å²) in [5, 5.41) is 3.92. The van der Waals surface area contributed by atoms with Crippen LogP contribution in [0.25, 0.3) is 11.5 Å². The van der Waals surface area contributed by atoms with Crippen LogP contribution in [-0.4, -0.2) is 30.2 Å². The summed E-state index contributed by atoms with van der Waals surface area (Å²) in [7, 11) is -2.14. The zero-order valence-corrected chi connectivity index (χ0v) is 19.9. The number of nitrogens with zero attached hydrogens (tertiary/aromatic N) is 3. The van der Waals surface area contributed by atoms with Crippen LogP contribution in [0.15, 0.2) is 69.1 Å². The molecule has 0 saturated carbocycles. The van der Waals surface area contributed by atoms with Crippen molar-refractivity contribution in [2.24, 2.45) is 5.92 Å². The van der Waals surface area contributed by atoms with Gasteiger partial charge in [0, 0.05) is 16.7 Å². The fraction of sp³-hybridized carbons (Fsp3) is 0.238. The van der Waals surface area contributed by atoms with Crippen LogP contribution >= 0.6 is 11.9 Å². The molecule has 0 atom stereocenters. The lowest BCUT2D eigenvalue weighted by molar-refractivity contribution is 0.287. The maximum absolute atomic E-state index is 12.6. The van der Waals surface area contributed by atoms with Crippen molar-refractivity contribution in [1.29, 1.82) is 0 Å². The Labute approximate surface area is 196 Å². The van der Waals surface area contributed by atoms with Crippen LogP contribution in [-0.2, 0) is 16.6 Å². The van der Waals surface area contributed by atoms with Crippen molar-refractivity contribution in [3.63, 3.8) is 0 Å². The van der Waals surface area contributed by atoms with Gasteiger partial charge in [0.25, 0.3) is 15.9 Å². The van der Waals surface area contributed by atoms with Crippen molar-refractivity contribution in [2.75, 3.05) is 7.11 Å². The van der Waals surface area contributed by atoms with Crippen molar-refractivity contribution < 1.29 is 22.4 Å². The first kappa shape index (κ1) is 23.1. The van der Waals surface area contributed by atoms with Gasteiger partial charge in [0.2, 0.25) is 5.82 Å². The van der Waals surface area contributed by atoms with Gasteiger partial charge in [-0.15, -0.1) is 4.83 Å². The number of hydrazine groups is 2. The van der Waals surface area contributed by atoms with E-state index < -0.39 is 10.0 Å². The van der Waals surface area contributed by atoms with E-state index >= 15 is 0 Å². The molecule has 4 rings (SSSR count). The fourth-order valence-corrected chi connectivity index (χ4v) is 4.88. The third kappa shape index (κ3) is 5.66. The van der Waals surface area contributed by atoms with Crippen LogP contribution in [0.1, 0.15) is 19.7 Å². The molecule has 0 saturated heterocycles. The zero-order chi connectivity index (χ0) is 23.4. The van der Waals surface area contributed by atoms with Gasteiger partial charge in [-0.05, 0) is 54.4 Å². The average Bonchev–Trinajstić information content (AvgIpc) is 3.48. The SMILES string of the molecule is COc1ccc(-c2nc(COc3ccc(S(=O)(=O)NN4NC=C(C(C)C)[SH]4)cc3)no2)cc1. The molecule has 0 amide bonds. The first-order chi connectivity index (χ1) is 15.8. The average molecular weight is 491 g/mol. The summed E-state index contributed by atoms with van der Waals surface area (Å²) in [6.45, 7) is 4.17. The highest BCUT2D eigenvalue weighted by Crippen LogP contribution is 2.29. The van der Waals surface area contributed by atoms with Gasteiger partial charge < -0.3 is 19.4 Å². The molecule has 1 aliphatic rings. The Morgan fingerprint density at radius 3 is 2.45 bits per heavy atom. The summed E-state index contributed by atoms with van der Waals surface area (Å²) in [6.07, 6.45) is 1.80. The topological polar surface area (TPSA) is 119 Å². The molecule has 1 aliphatic heterocycles. The lowest BCUT2D eigenvalue weighted by atomic mass is 10.2. The van der Waals surface area contributed by atoms with Gasteiger partial charge in [0.05, 0.1) is 12.0 Å². The molecule has 175 valence electrons. The van der Waals surface area contributed by atoms with E-state index in [1.807, 2.05) is 26.0 Å². The Hall–Kier alpha value is -3.06. The number of methoxy groups -OCH3 is 1. The number of sulfonamides is 1. The number of nitrogens with one attached hydrogen (secondary N) is 2. The second-order valence-electron chi connectivity index (χ2n) is 7.36. The Morgan fingerprint density at radius 1 is 1.12 bits per heavy atom. The summed E-state index contributed by atoms with van der Waals surface area (Å²) in [6, 6.07) is 13.3. The largest absolute Gasteiger partial charge is 0.497 e. The number of hydrogen-bond acceptors (Lipinski definition) is 9. The van der Waals surface area contributed by atoms with Gasteiger partial charge in [-0.2, -0.15) is 4.98 Å². The van der Waals surface area contributed by atoms with Crippen LogP contribution in [0.3, 0.4) is 0 Å². The monoisotopic (exact) mass is 490 g/mol. The Balaban J connectivity index is 1.33. The molecule has 12 heteroatoms. The summed E-state index contributed by atoms with van der Waals surface area (Å²) in [5.41, 5.74) is 3.66. The molecule has 2 heterocycles. The highest BCUT2D eigenvalue weighted by Gasteiger charge is 2.22. The smallest absolute Gasteiger partial charge is 0.258 e. The Kier molecular flexibility index (Phi) is 6.88. The van der Waals surface area contributed by atoms with Gasteiger partial charge in [0.1, 0.15) is 11.5 Å². The molecule has 0 unspecified atom stereocenters. The van der Waals surface area contributed by atoms with Crippen molar-refractivity contribution in [3.8, 4) is 23.0 Å². The Bertz CT molecular complexity index is 1220. The predicted octanol–water partition coefficient (Wildman–Crippen LogP) is 3.22. The maximum atomic E-state index is 12.6. The number of hydrogen-bond donors (Lipinski definition) is 3. The number of rotatable bonds is 9. The first-order valence-corrected chi connectivity index (χ1v) is 12.4. The first-order valence-electron chi connectivity index (χ1n) is 10.0. The molecule has 3 aromatic rings. The minimum absolute atomic E-state index is 0.0736. The normalized spacial score (nSPS) is 14.2. The molecule has 0 fully saturated rings. The van der Waals surface area contributed by atoms with Crippen LogP contribution in [0.4, 0.5) is 0 Å². The highest BCUT2D eigenvalue weighted by atomic mass is 32.2. The van der Waals surface area contributed by atoms with Gasteiger partial charge in [-0.3, -0.25) is 0 Å². The quantitative estimate of drug-likeness (QED) is 0.389. The third-order valence-electron chi connectivity index (χ3n) is 4.66. The molecule has 1 radical (unpaired) electrons. The molecule has 10 nitrogen and oxygen atoms in total. The van der Waals surface area contributed by atoms with E-state index in [2.05, 4.69) is 20.4 Å². The number of aromatic nitrogens is 2. The molecule has 33 heavy (non-hydrogen) atoms. The minimum Gasteiger partial charge on any atom is -0.497 e. The predicted molar refractivity (Wildman–Crippen MR) is 124 cm³/mol.